The van der Waals surface area contributed by atoms with E-state index >= 15 is 0 Å². The second-order valence-corrected chi connectivity index (χ2v) is 6.48. The van der Waals surface area contributed by atoms with Crippen LogP contribution in [0, 0.1) is 0 Å². The largest absolute Gasteiger partial charge is 0.489 e. The number of ether oxygens (including phenoxy) is 1. The molecule has 0 amide bonds. The van der Waals surface area contributed by atoms with Gasteiger partial charge in [-0.3, -0.25) is 9.88 Å². The first-order chi connectivity index (χ1) is 11.1. The fourth-order valence-electron chi connectivity index (χ4n) is 2.94. The van der Waals surface area contributed by atoms with E-state index in [9.17, 15) is 0 Å². The molecule has 3 heterocycles. The lowest BCUT2D eigenvalue weighted by Gasteiger charge is -2.17. The molecule has 0 aliphatic carbocycles. The van der Waals surface area contributed by atoms with Gasteiger partial charge in [0.25, 0.3) is 0 Å². The minimum absolute atomic E-state index is 0.248. The molecule has 1 unspecified atom stereocenters. The van der Waals surface area contributed by atoms with Crippen LogP contribution < -0.4 is 4.74 Å². The predicted molar refractivity (Wildman–Crippen MR) is 89.1 cm³/mol. The van der Waals surface area contributed by atoms with Gasteiger partial charge in [0, 0.05) is 51.7 Å². The summed E-state index contributed by atoms with van der Waals surface area (Å²) in [6.07, 6.45) is 6.92. The van der Waals surface area contributed by atoms with E-state index in [1.165, 1.54) is 5.69 Å². The SMILES string of the molecule is CN(C)Cc1cc(OC2CCN(Cc3cncn3C)C2)ccn1. The van der Waals surface area contributed by atoms with Gasteiger partial charge in [-0.15, -0.1) is 0 Å². The number of hydrogen-bond acceptors (Lipinski definition) is 5. The third-order valence-corrected chi connectivity index (χ3v) is 4.10. The van der Waals surface area contributed by atoms with Crippen molar-refractivity contribution in [2.45, 2.75) is 25.6 Å². The van der Waals surface area contributed by atoms with Crippen LogP contribution in [0.5, 0.6) is 5.75 Å². The van der Waals surface area contributed by atoms with Gasteiger partial charge in [0.05, 0.1) is 17.7 Å². The van der Waals surface area contributed by atoms with Crippen molar-refractivity contribution in [1.29, 1.82) is 0 Å². The summed E-state index contributed by atoms with van der Waals surface area (Å²) >= 11 is 0. The van der Waals surface area contributed by atoms with E-state index in [1.54, 1.807) is 0 Å². The lowest BCUT2D eigenvalue weighted by molar-refractivity contribution is 0.197. The maximum Gasteiger partial charge on any atom is 0.123 e. The van der Waals surface area contributed by atoms with Gasteiger partial charge in [-0.2, -0.15) is 0 Å². The van der Waals surface area contributed by atoms with Crippen molar-refractivity contribution in [2.75, 3.05) is 27.2 Å². The molecular weight excluding hydrogens is 290 g/mol. The van der Waals surface area contributed by atoms with Crippen LogP contribution in [0.4, 0.5) is 0 Å². The molecule has 0 aromatic carbocycles. The Bertz CT molecular complexity index is 639. The van der Waals surface area contributed by atoms with E-state index in [2.05, 4.69) is 24.3 Å². The molecule has 2 aromatic heterocycles. The van der Waals surface area contributed by atoms with Crippen LogP contribution in [0.15, 0.2) is 30.9 Å². The summed E-state index contributed by atoms with van der Waals surface area (Å²) in [6, 6.07) is 3.99. The lowest BCUT2D eigenvalue weighted by Crippen LogP contribution is -2.25. The molecule has 1 aliphatic rings. The first kappa shape index (κ1) is 16.0. The van der Waals surface area contributed by atoms with Crippen molar-refractivity contribution in [3.8, 4) is 5.75 Å². The maximum atomic E-state index is 6.15. The van der Waals surface area contributed by atoms with Crippen LogP contribution in [-0.4, -0.2) is 57.6 Å². The number of nitrogens with zero attached hydrogens (tertiary/aromatic N) is 5. The van der Waals surface area contributed by atoms with Gasteiger partial charge in [-0.1, -0.05) is 0 Å². The van der Waals surface area contributed by atoms with Crippen molar-refractivity contribution in [2.24, 2.45) is 7.05 Å². The molecule has 2 aromatic rings. The van der Waals surface area contributed by atoms with E-state index in [1.807, 2.05) is 52.0 Å². The van der Waals surface area contributed by atoms with Gasteiger partial charge >= 0.3 is 0 Å². The molecule has 1 fully saturated rings. The normalized spacial score (nSPS) is 18.7. The van der Waals surface area contributed by atoms with Crippen molar-refractivity contribution in [3.63, 3.8) is 0 Å². The molecule has 0 radical (unpaired) electrons. The minimum atomic E-state index is 0.248. The summed E-state index contributed by atoms with van der Waals surface area (Å²) in [6.45, 7) is 3.77. The Kier molecular flexibility index (Phi) is 4.93. The highest BCUT2D eigenvalue weighted by Gasteiger charge is 2.24. The molecule has 6 heteroatoms. The Morgan fingerprint density at radius 2 is 2.26 bits per heavy atom. The highest BCUT2D eigenvalue weighted by Crippen LogP contribution is 2.20. The number of imidazole rings is 1. The first-order valence-electron chi connectivity index (χ1n) is 8.04. The van der Waals surface area contributed by atoms with Crippen molar-refractivity contribution >= 4 is 0 Å². The average molecular weight is 315 g/mol. The number of hydrogen-bond donors (Lipinski definition) is 0. The smallest absolute Gasteiger partial charge is 0.123 e. The summed E-state index contributed by atoms with van der Waals surface area (Å²) in [5, 5.41) is 0. The van der Waals surface area contributed by atoms with Gasteiger partial charge in [-0.25, -0.2) is 4.98 Å². The Hall–Kier alpha value is -1.92. The Morgan fingerprint density at radius 3 is 3.00 bits per heavy atom. The Morgan fingerprint density at radius 1 is 1.39 bits per heavy atom. The zero-order valence-electron chi connectivity index (χ0n) is 14.1. The molecule has 1 atom stereocenters. The zero-order chi connectivity index (χ0) is 16.2. The molecule has 0 N–H and O–H groups in total. The topological polar surface area (TPSA) is 46.4 Å². The van der Waals surface area contributed by atoms with Crippen LogP contribution in [0.3, 0.4) is 0 Å². The highest BCUT2D eigenvalue weighted by atomic mass is 16.5. The Labute approximate surface area is 137 Å². The van der Waals surface area contributed by atoms with Crippen molar-refractivity contribution in [3.05, 3.63) is 42.2 Å². The third-order valence-electron chi connectivity index (χ3n) is 4.10. The molecular formula is C17H25N5O. The summed E-state index contributed by atoms with van der Waals surface area (Å²) in [5.74, 6) is 0.921. The fraction of sp³-hybridized carbons (Fsp3) is 0.529. The van der Waals surface area contributed by atoms with Gasteiger partial charge in [0.2, 0.25) is 0 Å². The van der Waals surface area contributed by atoms with Gasteiger partial charge < -0.3 is 14.2 Å². The summed E-state index contributed by atoms with van der Waals surface area (Å²) in [7, 11) is 6.13. The van der Waals surface area contributed by atoms with Crippen LogP contribution >= 0.6 is 0 Å². The van der Waals surface area contributed by atoms with Crippen LogP contribution in [0.1, 0.15) is 17.8 Å². The van der Waals surface area contributed by atoms with Crippen molar-refractivity contribution in [1.82, 2.24) is 24.3 Å². The predicted octanol–water partition coefficient (Wildman–Crippen LogP) is 1.53. The second-order valence-electron chi connectivity index (χ2n) is 6.48. The molecule has 1 saturated heterocycles. The molecule has 0 saturated carbocycles. The van der Waals surface area contributed by atoms with Gasteiger partial charge in [0.1, 0.15) is 11.9 Å². The van der Waals surface area contributed by atoms with Gasteiger partial charge in [-0.05, 0) is 26.6 Å². The standard InChI is InChI=1S/C17H25N5O/c1-20(2)10-14-8-16(4-6-19-14)23-17-5-7-22(12-17)11-15-9-18-13-21(15)3/h4,6,8-9,13,17H,5,7,10-12H2,1-3H3. The molecule has 0 spiro atoms. The van der Waals surface area contributed by atoms with E-state index < -0.39 is 0 Å². The average Bonchev–Trinajstić information content (AvgIpc) is 3.09. The molecule has 3 rings (SSSR count). The first-order valence-corrected chi connectivity index (χ1v) is 8.04. The van der Waals surface area contributed by atoms with E-state index in [0.29, 0.717) is 0 Å². The van der Waals surface area contributed by atoms with Crippen LogP contribution in [0.2, 0.25) is 0 Å². The van der Waals surface area contributed by atoms with Crippen LogP contribution in [0.25, 0.3) is 0 Å². The number of rotatable bonds is 6. The highest BCUT2D eigenvalue weighted by molar-refractivity contribution is 5.23. The molecule has 1 aliphatic heterocycles. The summed E-state index contributed by atoms with van der Waals surface area (Å²) < 4.78 is 8.23. The van der Waals surface area contributed by atoms with E-state index in [4.69, 9.17) is 4.74 Å². The monoisotopic (exact) mass is 315 g/mol. The Balaban J connectivity index is 1.54. The molecule has 124 valence electrons. The minimum Gasteiger partial charge on any atom is -0.489 e. The summed E-state index contributed by atoms with van der Waals surface area (Å²) in [5.41, 5.74) is 2.28. The number of aromatic nitrogens is 3. The van der Waals surface area contributed by atoms with Crippen molar-refractivity contribution < 1.29 is 4.74 Å². The molecule has 0 bridgehead atoms. The maximum absolute atomic E-state index is 6.15. The quantitative estimate of drug-likeness (QED) is 0.809. The fourth-order valence-corrected chi connectivity index (χ4v) is 2.94. The third kappa shape index (κ3) is 4.30. The number of likely N-dealkylation sites (tertiary alicyclic amines) is 1. The summed E-state index contributed by atoms with van der Waals surface area (Å²) in [4.78, 5) is 13.1. The second kappa shape index (κ2) is 7.10. The van der Waals surface area contributed by atoms with E-state index in [0.717, 1.165) is 44.0 Å². The number of pyridine rings is 1. The molecule has 23 heavy (non-hydrogen) atoms. The van der Waals surface area contributed by atoms with Crippen LogP contribution in [-0.2, 0) is 20.1 Å². The number of aryl methyl sites for hydroxylation is 1. The lowest BCUT2D eigenvalue weighted by atomic mass is 10.3. The van der Waals surface area contributed by atoms with E-state index in [-0.39, 0.29) is 6.10 Å². The van der Waals surface area contributed by atoms with Gasteiger partial charge in [0.15, 0.2) is 0 Å². The molecule has 6 nitrogen and oxygen atoms in total. The zero-order valence-corrected chi connectivity index (χ0v) is 14.1.